The molecule has 3 aromatic carbocycles. The Bertz CT molecular complexity index is 1110. The van der Waals surface area contributed by atoms with Gasteiger partial charge in [0.05, 0.1) is 11.3 Å². The van der Waals surface area contributed by atoms with Crippen LogP contribution in [0.15, 0.2) is 89.0 Å². The van der Waals surface area contributed by atoms with Crippen LogP contribution in [0.25, 0.3) is 5.57 Å². The van der Waals surface area contributed by atoms with E-state index in [0.717, 1.165) is 16.6 Å². The molecule has 4 nitrogen and oxygen atoms in total. The lowest BCUT2D eigenvalue weighted by Crippen LogP contribution is -2.32. The van der Waals surface area contributed by atoms with E-state index in [1.165, 1.54) is 10.5 Å². The Morgan fingerprint density at radius 3 is 2.24 bits per heavy atom. The summed E-state index contributed by atoms with van der Waals surface area (Å²) >= 11 is 3.41. The lowest BCUT2D eigenvalue weighted by Gasteiger charge is -2.15. The molecule has 3 aromatic rings. The first kappa shape index (κ1) is 19.2. The number of rotatable bonds is 5. The van der Waals surface area contributed by atoms with Gasteiger partial charge < -0.3 is 5.32 Å². The summed E-state index contributed by atoms with van der Waals surface area (Å²) in [4.78, 5) is 27.8. The number of carbonyl (C=O) groups excluding carboxylic acids is 2. The minimum absolute atomic E-state index is 0.283. The fraction of sp³-hybridized carbons (Fsp3) is 0.0833. The highest BCUT2D eigenvalue weighted by molar-refractivity contribution is 9.10. The molecule has 0 bridgehead atoms. The number of hydrogen-bond acceptors (Lipinski definition) is 3. The summed E-state index contributed by atoms with van der Waals surface area (Å²) in [5.74, 6) is -0.710. The Morgan fingerprint density at radius 1 is 0.862 bits per heavy atom. The molecule has 29 heavy (non-hydrogen) atoms. The van der Waals surface area contributed by atoms with E-state index in [1.807, 2.05) is 60.7 Å². The zero-order valence-corrected chi connectivity index (χ0v) is 17.4. The Kier molecular flexibility index (Phi) is 5.32. The van der Waals surface area contributed by atoms with Crippen molar-refractivity contribution in [2.75, 3.05) is 10.2 Å². The quantitative estimate of drug-likeness (QED) is 0.533. The van der Waals surface area contributed by atoms with E-state index >= 15 is 0 Å². The Balaban J connectivity index is 1.79. The second-order valence-electron chi connectivity index (χ2n) is 6.72. The van der Waals surface area contributed by atoms with Crippen LogP contribution in [0.3, 0.4) is 0 Å². The highest BCUT2D eigenvalue weighted by Gasteiger charge is 2.40. The predicted molar refractivity (Wildman–Crippen MR) is 119 cm³/mol. The molecular weight excluding hydrogens is 428 g/mol. The summed E-state index contributed by atoms with van der Waals surface area (Å²) in [6.45, 7) is 2.09. The summed E-state index contributed by atoms with van der Waals surface area (Å²) in [6.07, 6.45) is 0.937. The van der Waals surface area contributed by atoms with Gasteiger partial charge in [-0.25, -0.2) is 4.90 Å². The van der Waals surface area contributed by atoms with E-state index < -0.39 is 0 Å². The third-order valence-corrected chi connectivity index (χ3v) is 5.34. The zero-order valence-electron chi connectivity index (χ0n) is 15.9. The number of benzene rings is 3. The fourth-order valence-corrected chi connectivity index (χ4v) is 3.72. The van der Waals surface area contributed by atoms with Crippen LogP contribution in [-0.4, -0.2) is 11.8 Å². The first-order valence-electron chi connectivity index (χ1n) is 9.38. The van der Waals surface area contributed by atoms with Gasteiger partial charge in [0.25, 0.3) is 11.8 Å². The van der Waals surface area contributed by atoms with Gasteiger partial charge in [-0.15, -0.1) is 0 Å². The van der Waals surface area contributed by atoms with Gasteiger partial charge in [0.15, 0.2) is 0 Å². The molecule has 2 amide bonds. The molecule has 0 spiro atoms. The number of nitrogens with one attached hydrogen (secondary N) is 1. The summed E-state index contributed by atoms with van der Waals surface area (Å²) < 4.78 is 0.799. The fourth-order valence-electron chi connectivity index (χ4n) is 3.34. The van der Waals surface area contributed by atoms with Gasteiger partial charge in [0.1, 0.15) is 5.70 Å². The topological polar surface area (TPSA) is 49.4 Å². The first-order valence-corrected chi connectivity index (χ1v) is 10.2. The zero-order chi connectivity index (χ0) is 20.4. The summed E-state index contributed by atoms with van der Waals surface area (Å²) in [5.41, 5.74) is 3.86. The number of halogens is 1. The Hall–Kier alpha value is -3.18. The Morgan fingerprint density at radius 2 is 1.59 bits per heavy atom. The minimum Gasteiger partial charge on any atom is -0.350 e. The van der Waals surface area contributed by atoms with Crippen molar-refractivity contribution in [2.45, 2.75) is 13.3 Å². The number of hydrogen-bond donors (Lipinski definition) is 1. The molecule has 5 heteroatoms. The summed E-state index contributed by atoms with van der Waals surface area (Å²) in [6, 6.07) is 24.3. The first-order chi connectivity index (χ1) is 14.1. The number of nitrogens with zero attached hydrogens (tertiary/aromatic N) is 1. The number of amides is 2. The molecule has 0 unspecified atom stereocenters. The van der Waals surface area contributed by atoms with Gasteiger partial charge >= 0.3 is 0 Å². The largest absolute Gasteiger partial charge is 0.350 e. The van der Waals surface area contributed by atoms with Crippen LogP contribution in [0.1, 0.15) is 18.1 Å². The van der Waals surface area contributed by atoms with Gasteiger partial charge in [-0.3, -0.25) is 9.59 Å². The molecule has 0 aromatic heterocycles. The lowest BCUT2D eigenvalue weighted by atomic mass is 10.0. The number of imide groups is 1. The van der Waals surface area contributed by atoms with E-state index in [0.29, 0.717) is 16.8 Å². The van der Waals surface area contributed by atoms with Crippen molar-refractivity contribution in [1.82, 2.24) is 0 Å². The molecule has 144 valence electrons. The van der Waals surface area contributed by atoms with E-state index in [1.54, 1.807) is 18.2 Å². The van der Waals surface area contributed by atoms with Crippen LogP contribution in [0.5, 0.6) is 0 Å². The second-order valence-corrected chi connectivity index (χ2v) is 7.63. The van der Waals surface area contributed by atoms with Gasteiger partial charge in [0, 0.05) is 10.2 Å². The molecule has 1 N–H and O–H groups in total. The predicted octanol–water partition coefficient (Wildman–Crippen LogP) is 5.41. The van der Waals surface area contributed by atoms with Crippen LogP contribution in [-0.2, 0) is 16.0 Å². The monoisotopic (exact) mass is 446 g/mol. The standard InChI is InChI=1S/C24H19BrN2O2/c1-2-16-11-13-19(14-12-16)26-22-21(17-7-4-3-5-8-17)23(28)27(24(22)29)20-10-6-9-18(25)15-20/h3-15,26H,2H2,1H3. The maximum Gasteiger partial charge on any atom is 0.282 e. The third kappa shape index (κ3) is 3.74. The maximum absolute atomic E-state index is 13.3. The van der Waals surface area contributed by atoms with E-state index in [9.17, 15) is 9.59 Å². The molecule has 0 atom stereocenters. The van der Waals surface area contributed by atoms with Crippen LogP contribution in [0.4, 0.5) is 11.4 Å². The van der Waals surface area contributed by atoms with Crippen molar-refractivity contribution < 1.29 is 9.59 Å². The highest BCUT2D eigenvalue weighted by atomic mass is 79.9. The molecule has 0 saturated carbocycles. The van der Waals surface area contributed by atoms with Crippen LogP contribution in [0, 0.1) is 0 Å². The number of aryl methyl sites for hydroxylation is 1. The van der Waals surface area contributed by atoms with Crippen molar-refractivity contribution >= 4 is 44.7 Å². The normalized spacial score (nSPS) is 13.9. The molecule has 1 aliphatic heterocycles. The number of carbonyl (C=O) groups is 2. The van der Waals surface area contributed by atoms with Gasteiger partial charge in [-0.2, -0.15) is 0 Å². The molecule has 0 radical (unpaired) electrons. The summed E-state index contributed by atoms with van der Waals surface area (Å²) in [5, 5.41) is 3.19. The van der Waals surface area contributed by atoms with Crippen molar-refractivity contribution in [3.63, 3.8) is 0 Å². The van der Waals surface area contributed by atoms with E-state index in [2.05, 4.69) is 28.2 Å². The minimum atomic E-state index is -0.369. The molecule has 0 aliphatic carbocycles. The van der Waals surface area contributed by atoms with Gasteiger partial charge in [-0.05, 0) is 47.9 Å². The average molecular weight is 447 g/mol. The van der Waals surface area contributed by atoms with E-state index in [4.69, 9.17) is 0 Å². The van der Waals surface area contributed by atoms with Crippen molar-refractivity contribution in [2.24, 2.45) is 0 Å². The van der Waals surface area contributed by atoms with Crippen molar-refractivity contribution in [1.29, 1.82) is 0 Å². The smallest absolute Gasteiger partial charge is 0.282 e. The van der Waals surface area contributed by atoms with Crippen molar-refractivity contribution in [3.8, 4) is 0 Å². The second kappa shape index (κ2) is 8.05. The summed E-state index contributed by atoms with van der Waals surface area (Å²) in [7, 11) is 0. The molecular formula is C24H19BrN2O2. The SMILES string of the molecule is CCc1ccc(NC2=C(c3ccccc3)C(=O)N(c3cccc(Br)c3)C2=O)cc1. The van der Waals surface area contributed by atoms with Crippen LogP contribution in [0.2, 0.25) is 0 Å². The lowest BCUT2D eigenvalue weighted by molar-refractivity contribution is -0.120. The van der Waals surface area contributed by atoms with Gasteiger partial charge in [-0.1, -0.05) is 71.4 Å². The average Bonchev–Trinajstić information content (AvgIpc) is 2.98. The third-order valence-electron chi connectivity index (χ3n) is 4.84. The van der Waals surface area contributed by atoms with Crippen LogP contribution >= 0.6 is 15.9 Å². The molecule has 0 saturated heterocycles. The highest BCUT2D eigenvalue weighted by Crippen LogP contribution is 2.34. The molecule has 0 fully saturated rings. The molecule has 1 aliphatic rings. The Labute approximate surface area is 178 Å². The number of anilines is 2. The van der Waals surface area contributed by atoms with Gasteiger partial charge in [0.2, 0.25) is 0 Å². The van der Waals surface area contributed by atoms with E-state index in [-0.39, 0.29) is 17.5 Å². The van der Waals surface area contributed by atoms with Crippen molar-refractivity contribution in [3.05, 3.63) is 100 Å². The molecule has 1 heterocycles. The van der Waals surface area contributed by atoms with Crippen LogP contribution < -0.4 is 10.2 Å². The maximum atomic E-state index is 13.3. The molecule has 4 rings (SSSR count).